The van der Waals surface area contributed by atoms with E-state index in [9.17, 15) is 14.0 Å². The number of aromatic nitrogens is 6. The van der Waals surface area contributed by atoms with Gasteiger partial charge in [0.05, 0.1) is 46.9 Å². The number of fused-ring (bicyclic) bond motifs is 2. The van der Waals surface area contributed by atoms with Gasteiger partial charge in [0, 0.05) is 55.1 Å². The SMILES string of the molecule is C=CC(=O)N1CCC[C@H]1c1nc(-c2ccc(COc3cccc(F)c3)cc2)c2cnccn12.CC.CC#CC(=O)N1CCC[C@H]1c1nc(-c2ccc(COc3ccccc3)cc2)c2cnccn12. The van der Waals surface area contributed by atoms with Crippen LogP contribution in [-0.4, -0.2) is 63.4 Å². The van der Waals surface area contributed by atoms with Gasteiger partial charge in [-0.25, -0.2) is 14.4 Å². The topological polar surface area (TPSA) is 119 Å². The number of halogens is 1. The van der Waals surface area contributed by atoms with Crippen molar-refractivity contribution >= 4 is 22.8 Å². The van der Waals surface area contributed by atoms with E-state index in [2.05, 4.69) is 52.7 Å². The van der Waals surface area contributed by atoms with Gasteiger partial charge in [-0.3, -0.25) is 28.4 Å². The van der Waals surface area contributed by atoms with Crippen molar-refractivity contribution in [2.75, 3.05) is 13.1 Å². The lowest BCUT2D eigenvalue weighted by atomic mass is 10.1. The molecule has 2 fully saturated rings. The average molecular weight is 909 g/mol. The number of nitrogens with zero attached hydrogens (tertiary/aromatic N) is 8. The Morgan fingerprint density at radius 3 is 1.75 bits per heavy atom. The molecule has 2 atom stereocenters. The predicted octanol–water partition coefficient (Wildman–Crippen LogP) is 10.7. The van der Waals surface area contributed by atoms with Crippen molar-refractivity contribution in [3.63, 3.8) is 0 Å². The summed E-state index contributed by atoms with van der Waals surface area (Å²) in [6.07, 6.45) is 15.8. The zero-order chi connectivity index (χ0) is 47.4. The number of imidazole rings is 2. The summed E-state index contributed by atoms with van der Waals surface area (Å²) >= 11 is 0. The summed E-state index contributed by atoms with van der Waals surface area (Å²) in [5, 5.41) is 0. The smallest absolute Gasteiger partial charge is 0.299 e. The monoisotopic (exact) mass is 908 g/mol. The van der Waals surface area contributed by atoms with E-state index < -0.39 is 0 Å². The van der Waals surface area contributed by atoms with E-state index in [4.69, 9.17) is 19.4 Å². The molecule has 4 aromatic carbocycles. The highest BCUT2D eigenvalue weighted by Crippen LogP contribution is 2.37. The molecular formula is C55H53FN8O4. The van der Waals surface area contributed by atoms with Gasteiger partial charge in [0.2, 0.25) is 5.91 Å². The number of para-hydroxylation sites is 1. The van der Waals surface area contributed by atoms with Crippen molar-refractivity contribution in [2.24, 2.45) is 0 Å². The molecule has 2 saturated heterocycles. The van der Waals surface area contributed by atoms with Crippen LogP contribution in [0.4, 0.5) is 4.39 Å². The molecule has 0 saturated carbocycles. The highest BCUT2D eigenvalue weighted by Gasteiger charge is 2.34. The molecule has 2 aliphatic heterocycles. The number of likely N-dealkylation sites (tertiary alicyclic amines) is 2. The zero-order valence-corrected chi connectivity index (χ0v) is 38.5. The van der Waals surface area contributed by atoms with Gasteiger partial charge in [-0.2, -0.15) is 0 Å². The van der Waals surface area contributed by atoms with E-state index in [1.54, 1.807) is 37.6 Å². The van der Waals surface area contributed by atoms with Crippen molar-refractivity contribution in [1.29, 1.82) is 0 Å². The summed E-state index contributed by atoms with van der Waals surface area (Å²) in [4.78, 5) is 47.1. The lowest BCUT2D eigenvalue weighted by molar-refractivity contribution is -0.127. The molecule has 6 heterocycles. The maximum Gasteiger partial charge on any atom is 0.299 e. The largest absolute Gasteiger partial charge is 0.489 e. The van der Waals surface area contributed by atoms with E-state index >= 15 is 0 Å². The van der Waals surface area contributed by atoms with Crippen LogP contribution in [0.5, 0.6) is 11.5 Å². The molecule has 2 aliphatic rings. The second-order valence-corrected chi connectivity index (χ2v) is 16.0. The summed E-state index contributed by atoms with van der Waals surface area (Å²) in [5.41, 5.74) is 7.46. The van der Waals surface area contributed by atoms with Gasteiger partial charge >= 0.3 is 0 Å². The standard InChI is InChI=1S/C27H24N4O2.C26H23FN4O2.C2H6/c1-2-7-25(32)30-16-6-10-23(30)27-29-26(24-18-28-15-17-31(24)27)21-13-11-20(12-14-21)19-33-22-8-4-3-5-9-22;1-2-24(32)30-13-4-7-22(30)26-29-25(23-16-28-12-14-31(23)26)19-10-8-18(9-11-19)17-33-21-6-3-5-20(27)15-21;1-2/h3-5,8-9,11-15,17-18,23H,6,10,16,19H2,1H3;2-3,5-6,8-12,14-16,22H,1,4,7,13,17H2;1-2H3/t23-;22-;/m00./s1. The summed E-state index contributed by atoms with van der Waals surface area (Å²) in [5.74, 6) is 7.87. The van der Waals surface area contributed by atoms with E-state index in [0.29, 0.717) is 32.1 Å². The van der Waals surface area contributed by atoms with Crippen molar-refractivity contribution in [1.82, 2.24) is 38.5 Å². The summed E-state index contributed by atoms with van der Waals surface area (Å²) in [6, 6.07) is 31.8. The first-order chi connectivity index (χ1) is 33.4. The third-order valence-electron chi connectivity index (χ3n) is 11.8. The van der Waals surface area contributed by atoms with Gasteiger partial charge in [-0.05, 0) is 80.0 Å². The Labute approximate surface area is 395 Å². The minimum atomic E-state index is -0.324. The molecule has 8 aromatic rings. The van der Waals surface area contributed by atoms with Gasteiger partial charge in [0.25, 0.3) is 5.91 Å². The molecule has 68 heavy (non-hydrogen) atoms. The Morgan fingerprint density at radius 2 is 1.22 bits per heavy atom. The number of ether oxygens (including phenoxy) is 2. The molecule has 2 amide bonds. The number of hydrogen-bond donors (Lipinski definition) is 0. The fourth-order valence-electron chi connectivity index (χ4n) is 8.62. The van der Waals surface area contributed by atoms with Gasteiger partial charge in [0.15, 0.2) is 0 Å². The minimum Gasteiger partial charge on any atom is -0.489 e. The normalized spacial score (nSPS) is 15.1. The van der Waals surface area contributed by atoms with Crippen molar-refractivity contribution in [3.8, 4) is 45.9 Å². The summed E-state index contributed by atoms with van der Waals surface area (Å²) in [7, 11) is 0. The van der Waals surface area contributed by atoms with Gasteiger partial charge in [-0.1, -0.05) is 99.1 Å². The number of carbonyl (C=O) groups excluding carboxylic acids is 2. The van der Waals surface area contributed by atoms with Gasteiger partial charge in [-0.15, -0.1) is 0 Å². The molecule has 0 spiro atoms. The van der Waals surface area contributed by atoms with E-state index in [1.165, 1.54) is 18.2 Å². The van der Waals surface area contributed by atoms with Crippen LogP contribution in [0.1, 0.15) is 81.3 Å². The molecule has 0 N–H and O–H groups in total. The Hall–Kier alpha value is -8.11. The molecule has 10 rings (SSSR count). The van der Waals surface area contributed by atoms with Crippen LogP contribution in [-0.2, 0) is 22.8 Å². The summed E-state index contributed by atoms with van der Waals surface area (Å²) in [6.45, 7) is 11.6. The molecule has 344 valence electrons. The molecule has 4 aromatic heterocycles. The molecule has 13 heteroatoms. The van der Waals surface area contributed by atoms with Crippen LogP contribution in [0.3, 0.4) is 0 Å². The van der Waals surface area contributed by atoms with Crippen LogP contribution in [0.25, 0.3) is 33.5 Å². The first-order valence-corrected chi connectivity index (χ1v) is 22.9. The number of rotatable bonds is 11. The van der Waals surface area contributed by atoms with Crippen molar-refractivity contribution in [2.45, 2.75) is 71.8 Å². The molecular weight excluding hydrogens is 856 g/mol. The molecule has 12 nitrogen and oxygen atoms in total. The van der Waals surface area contributed by atoms with Gasteiger partial charge in [0.1, 0.15) is 42.2 Å². The van der Waals surface area contributed by atoms with E-state index in [-0.39, 0.29) is 29.7 Å². The number of amides is 2. The molecule has 0 unspecified atom stereocenters. The number of hydrogen-bond acceptors (Lipinski definition) is 8. The van der Waals surface area contributed by atoms with Crippen LogP contribution in [0.15, 0.2) is 153 Å². The summed E-state index contributed by atoms with van der Waals surface area (Å²) < 4.78 is 29.0. The van der Waals surface area contributed by atoms with Gasteiger partial charge < -0.3 is 19.3 Å². The number of benzene rings is 4. The second kappa shape index (κ2) is 21.9. The third kappa shape index (κ3) is 10.3. The highest BCUT2D eigenvalue weighted by atomic mass is 19.1. The number of carbonyl (C=O) groups is 2. The average Bonchev–Trinajstić information content (AvgIpc) is 4.22. The van der Waals surface area contributed by atoms with E-state index in [0.717, 1.165) is 87.8 Å². The first kappa shape index (κ1) is 46.4. The Morgan fingerprint density at radius 1 is 0.706 bits per heavy atom. The Kier molecular flexibility index (Phi) is 15.0. The predicted molar refractivity (Wildman–Crippen MR) is 261 cm³/mol. The molecule has 0 radical (unpaired) electrons. The first-order valence-electron chi connectivity index (χ1n) is 22.9. The van der Waals surface area contributed by atoms with Crippen molar-refractivity contribution < 1.29 is 23.5 Å². The fourth-order valence-corrected chi connectivity index (χ4v) is 8.62. The zero-order valence-electron chi connectivity index (χ0n) is 38.5. The van der Waals surface area contributed by atoms with Crippen LogP contribution >= 0.6 is 0 Å². The van der Waals surface area contributed by atoms with Crippen LogP contribution in [0.2, 0.25) is 0 Å². The Balaban J connectivity index is 0.000000177. The van der Waals surface area contributed by atoms with Crippen LogP contribution < -0.4 is 9.47 Å². The molecule has 0 bridgehead atoms. The fraction of sp³-hybridized carbons (Fsp3) is 0.236. The maximum absolute atomic E-state index is 13.3. The Bertz CT molecular complexity index is 3070. The second-order valence-electron chi connectivity index (χ2n) is 16.0. The highest BCUT2D eigenvalue weighted by molar-refractivity contribution is 5.94. The molecule has 0 aliphatic carbocycles. The van der Waals surface area contributed by atoms with E-state index in [1.807, 2.05) is 106 Å². The minimum absolute atomic E-state index is 0.0764. The van der Waals surface area contributed by atoms with Crippen molar-refractivity contribution in [3.05, 3.63) is 182 Å². The quantitative estimate of drug-likeness (QED) is 0.0930. The lowest BCUT2D eigenvalue weighted by Crippen LogP contribution is -2.30. The lowest BCUT2D eigenvalue weighted by Gasteiger charge is -2.22. The third-order valence-corrected chi connectivity index (χ3v) is 11.8. The maximum atomic E-state index is 13.3. The van der Waals surface area contributed by atoms with Crippen LogP contribution in [0, 0.1) is 17.7 Å².